The molecular formula is C20H24FNO2S. The van der Waals surface area contributed by atoms with Crippen LogP contribution in [0.5, 0.6) is 0 Å². The molecule has 2 atom stereocenters. The van der Waals surface area contributed by atoms with Gasteiger partial charge in [-0.1, -0.05) is 30.7 Å². The first-order chi connectivity index (χ1) is 11.8. The maximum atomic E-state index is 13.8. The average molecular weight is 361 g/mol. The summed E-state index contributed by atoms with van der Waals surface area (Å²) in [6.45, 7) is 1.96. The molecule has 134 valence electrons. The van der Waals surface area contributed by atoms with Crippen LogP contribution in [0.2, 0.25) is 0 Å². The van der Waals surface area contributed by atoms with E-state index in [1.165, 1.54) is 24.0 Å². The zero-order chi connectivity index (χ0) is 17.8. The van der Waals surface area contributed by atoms with Crippen molar-refractivity contribution in [2.75, 3.05) is 0 Å². The lowest BCUT2D eigenvalue weighted by atomic mass is 9.79. The van der Waals surface area contributed by atoms with Gasteiger partial charge in [-0.05, 0) is 73.1 Å². The van der Waals surface area contributed by atoms with Gasteiger partial charge < -0.3 is 0 Å². The SMILES string of the molecule is CC1CC(C2=C(c3ccc(S(N)(=O)=O)cc3)CC3(CC3)C2)CC=C1F. The van der Waals surface area contributed by atoms with Crippen LogP contribution in [-0.2, 0) is 10.0 Å². The molecule has 25 heavy (non-hydrogen) atoms. The van der Waals surface area contributed by atoms with Crippen molar-refractivity contribution in [3.8, 4) is 0 Å². The van der Waals surface area contributed by atoms with Crippen LogP contribution in [0.1, 0.15) is 51.0 Å². The van der Waals surface area contributed by atoms with E-state index in [2.05, 4.69) is 0 Å². The lowest BCUT2D eigenvalue weighted by Crippen LogP contribution is -2.14. The number of hydrogen-bond donors (Lipinski definition) is 1. The summed E-state index contributed by atoms with van der Waals surface area (Å²) in [5, 5.41) is 5.20. The van der Waals surface area contributed by atoms with Gasteiger partial charge in [-0.15, -0.1) is 0 Å². The zero-order valence-electron chi connectivity index (χ0n) is 14.5. The molecule has 0 aromatic heterocycles. The second kappa shape index (κ2) is 5.78. The second-order valence-electron chi connectivity index (χ2n) is 8.09. The minimum atomic E-state index is -3.67. The maximum absolute atomic E-state index is 13.8. The highest BCUT2D eigenvalue weighted by atomic mass is 32.2. The lowest BCUT2D eigenvalue weighted by Gasteiger charge is -2.26. The van der Waals surface area contributed by atoms with E-state index < -0.39 is 10.0 Å². The molecule has 0 radical (unpaired) electrons. The molecule has 4 rings (SSSR count). The van der Waals surface area contributed by atoms with Crippen LogP contribution in [0, 0.1) is 17.3 Å². The number of sulfonamides is 1. The fraction of sp³-hybridized carbons (Fsp3) is 0.500. The van der Waals surface area contributed by atoms with E-state index in [0.29, 0.717) is 11.3 Å². The number of nitrogens with two attached hydrogens (primary N) is 1. The van der Waals surface area contributed by atoms with Crippen LogP contribution in [0.25, 0.3) is 5.57 Å². The molecule has 3 aliphatic rings. The van der Waals surface area contributed by atoms with E-state index in [-0.39, 0.29) is 16.6 Å². The molecule has 0 saturated heterocycles. The van der Waals surface area contributed by atoms with Crippen LogP contribution in [0.15, 0.2) is 46.6 Å². The first-order valence-electron chi connectivity index (χ1n) is 8.98. The Morgan fingerprint density at radius 2 is 1.84 bits per heavy atom. The highest BCUT2D eigenvalue weighted by molar-refractivity contribution is 7.89. The van der Waals surface area contributed by atoms with Crippen molar-refractivity contribution in [2.45, 2.75) is 50.3 Å². The number of rotatable bonds is 3. The Hall–Kier alpha value is -1.46. The summed E-state index contributed by atoms with van der Waals surface area (Å²) in [4.78, 5) is 0.147. The molecule has 0 aliphatic heterocycles. The van der Waals surface area contributed by atoms with E-state index >= 15 is 0 Å². The van der Waals surface area contributed by atoms with Crippen molar-refractivity contribution in [3.05, 3.63) is 47.3 Å². The fourth-order valence-corrected chi connectivity index (χ4v) is 5.01. The quantitative estimate of drug-likeness (QED) is 0.858. The summed E-state index contributed by atoms with van der Waals surface area (Å²) in [6.07, 6.45) is 8.11. The molecule has 1 aromatic carbocycles. The lowest BCUT2D eigenvalue weighted by molar-refractivity contribution is 0.368. The Labute approximate surface area is 148 Å². The van der Waals surface area contributed by atoms with Crippen molar-refractivity contribution < 1.29 is 12.8 Å². The highest BCUT2D eigenvalue weighted by Crippen LogP contribution is 2.63. The standard InChI is InChI=1S/C20H24FNO2S/c1-13-10-15(4-7-19(13)21)18-12-20(8-9-20)11-17(18)14-2-5-16(6-3-14)25(22,23)24/h2-3,5-7,13,15H,4,8-12H2,1H3,(H2,22,23,24). The first-order valence-corrected chi connectivity index (χ1v) is 10.5. The van der Waals surface area contributed by atoms with Gasteiger partial charge in [0, 0.05) is 5.92 Å². The fourth-order valence-electron chi connectivity index (χ4n) is 4.49. The minimum absolute atomic E-state index is 0.00647. The van der Waals surface area contributed by atoms with Gasteiger partial charge in [0.05, 0.1) is 10.7 Å². The zero-order valence-corrected chi connectivity index (χ0v) is 15.3. The maximum Gasteiger partial charge on any atom is 0.238 e. The van der Waals surface area contributed by atoms with Crippen LogP contribution in [-0.4, -0.2) is 8.42 Å². The van der Waals surface area contributed by atoms with Crippen LogP contribution in [0.4, 0.5) is 4.39 Å². The number of hydrogen-bond acceptors (Lipinski definition) is 2. The van der Waals surface area contributed by atoms with Crippen molar-refractivity contribution in [3.63, 3.8) is 0 Å². The molecule has 0 amide bonds. The third-order valence-electron chi connectivity index (χ3n) is 6.19. The Morgan fingerprint density at radius 3 is 2.40 bits per heavy atom. The summed E-state index contributed by atoms with van der Waals surface area (Å²) in [6, 6.07) is 6.94. The van der Waals surface area contributed by atoms with Crippen LogP contribution in [0.3, 0.4) is 0 Å². The second-order valence-corrected chi connectivity index (χ2v) is 9.65. The number of benzene rings is 1. The van der Waals surface area contributed by atoms with E-state index in [4.69, 9.17) is 5.14 Å². The summed E-state index contributed by atoms with van der Waals surface area (Å²) >= 11 is 0. The van der Waals surface area contributed by atoms with Gasteiger partial charge in [-0.3, -0.25) is 0 Å². The van der Waals surface area contributed by atoms with Crippen molar-refractivity contribution in [2.24, 2.45) is 22.4 Å². The number of allylic oxidation sites excluding steroid dienone is 4. The largest absolute Gasteiger partial charge is 0.238 e. The van der Waals surface area contributed by atoms with E-state index in [1.54, 1.807) is 18.2 Å². The minimum Gasteiger partial charge on any atom is -0.225 e. The number of halogens is 1. The Kier molecular flexibility index (Phi) is 3.92. The van der Waals surface area contributed by atoms with E-state index in [0.717, 1.165) is 31.2 Å². The summed E-state index contributed by atoms with van der Waals surface area (Å²) < 4.78 is 36.7. The highest BCUT2D eigenvalue weighted by Gasteiger charge is 2.49. The summed E-state index contributed by atoms with van der Waals surface area (Å²) in [5.74, 6) is 0.422. The predicted molar refractivity (Wildman–Crippen MR) is 96.7 cm³/mol. The van der Waals surface area contributed by atoms with Gasteiger partial charge in [0.15, 0.2) is 0 Å². The third kappa shape index (κ3) is 3.20. The first kappa shape index (κ1) is 17.0. The smallest absolute Gasteiger partial charge is 0.225 e. The summed E-state index contributed by atoms with van der Waals surface area (Å²) in [5.41, 5.74) is 4.34. The summed E-state index contributed by atoms with van der Waals surface area (Å²) in [7, 11) is -3.67. The average Bonchev–Trinajstić information content (AvgIpc) is 3.20. The molecule has 5 heteroatoms. The molecule has 1 saturated carbocycles. The van der Waals surface area contributed by atoms with Gasteiger partial charge in [-0.25, -0.2) is 17.9 Å². The number of primary sulfonamides is 1. The van der Waals surface area contributed by atoms with Gasteiger partial charge in [-0.2, -0.15) is 0 Å². The predicted octanol–water partition coefficient (Wildman–Crippen LogP) is 4.56. The normalized spacial score (nSPS) is 28.4. The third-order valence-corrected chi connectivity index (χ3v) is 7.12. The molecule has 2 N–H and O–H groups in total. The Morgan fingerprint density at radius 1 is 1.16 bits per heavy atom. The van der Waals surface area contributed by atoms with Gasteiger partial charge >= 0.3 is 0 Å². The molecule has 3 aliphatic carbocycles. The topological polar surface area (TPSA) is 60.2 Å². The van der Waals surface area contributed by atoms with Gasteiger partial charge in [0.1, 0.15) is 0 Å². The Balaban J connectivity index is 1.69. The monoisotopic (exact) mass is 361 g/mol. The van der Waals surface area contributed by atoms with E-state index in [9.17, 15) is 12.8 Å². The van der Waals surface area contributed by atoms with Crippen LogP contribution < -0.4 is 5.14 Å². The van der Waals surface area contributed by atoms with Gasteiger partial charge in [0.25, 0.3) is 0 Å². The molecule has 1 aromatic rings. The molecule has 3 nitrogen and oxygen atoms in total. The van der Waals surface area contributed by atoms with Crippen molar-refractivity contribution >= 4 is 15.6 Å². The molecule has 0 bridgehead atoms. The Bertz CT molecular complexity index is 863. The molecular weight excluding hydrogens is 337 g/mol. The van der Waals surface area contributed by atoms with E-state index in [1.807, 2.05) is 19.1 Å². The molecule has 1 fully saturated rings. The molecule has 1 spiro atoms. The molecule has 2 unspecified atom stereocenters. The molecule has 0 heterocycles. The van der Waals surface area contributed by atoms with Gasteiger partial charge in [0.2, 0.25) is 10.0 Å². The van der Waals surface area contributed by atoms with Crippen molar-refractivity contribution in [1.29, 1.82) is 0 Å². The van der Waals surface area contributed by atoms with Crippen molar-refractivity contribution in [1.82, 2.24) is 0 Å². The van der Waals surface area contributed by atoms with Crippen LogP contribution >= 0.6 is 0 Å².